The van der Waals surface area contributed by atoms with E-state index in [-0.39, 0.29) is 12.1 Å². The van der Waals surface area contributed by atoms with E-state index in [1.54, 1.807) is 13.2 Å². The van der Waals surface area contributed by atoms with Gasteiger partial charge in [-0.3, -0.25) is 9.80 Å². The first-order chi connectivity index (χ1) is 15.6. The van der Waals surface area contributed by atoms with Crippen LogP contribution in [-0.2, 0) is 11.3 Å². The molecule has 2 N–H and O–H groups in total. The van der Waals surface area contributed by atoms with Crippen LogP contribution in [0.3, 0.4) is 0 Å². The van der Waals surface area contributed by atoms with Gasteiger partial charge in [-0.2, -0.15) is 14.6 Å². The number of methoxy groups -OCH3 is 1. The lowest BCUT2D eigenvalue weighted by molar-refractivity contribution is 0.00929. The van der Waals surface area contributed by atoms with Gasteiger partial charge >= 0.3 is 0 Å². The number of hydrogen-bond donors (Lipinski definition) is 2. The molecule has 2 aromatic rings. The molecule has 0 atom stereocenters. The number of hydrogen-bond acceptors (Lipinski definition) is 11. The highest BCUT2D eigenvalue weighted by Crippen LogP contribution is 2.36. The van der Waals surface area contributed by atoms with E-state index in [0.29, 0.717) is 18.1 Å². The Morgan fingerprint density at radius 2 is 2.09 bits per heavy atom. The molecule has 0 saturated carbocycles. The smallest absolute Gasteiger partial charge is 0.229 e. The molecular formula is C21H30N8O2S. The standard InChI is InChI=1S/C21H30N8O2S/c1-16-12-23-20(24-18-11-17(13-30)26-32-18)25-19(16)28-14-21(15-28,3-4-22)29-7-5-27(6-8-29)9-10-31-2/h11-12,30H,3,5-10,13-15H2,1-2H3,(H,23,24,25). The molecule has 2 aliphatic rings. The first kappa shape index (κ1) is 22.8. The number of piperazine rings is 1. The summed E-state index contributed by atoms with van der Waals surface area (Å²) in [5.74, 6) is 1.39. The molecule has 0 aliphatic carbocycles. The van der Waals surface area contributed by atoms with Crippen molar-refractivity contribution in [3.8, 4) is 6.07 Å². The zero-order chi connectivity index (χ0) is 22.6. The zero-order valence-electron chi connectivity index (χ0n) is 18.6. The molecule has 2 aromatic heterocycles. The highest BCUT2D eigenvalue weighted by molar-refractivity contribution is 7.10. The van der Waals surface area contributed by atoms with E-state index in [0.717, 1.165) is 68.8 Å². The van der Waals surface area contributed by atoms with Crippen molar-refractivity contribution in [3.63, 3.8) is 0 Å². The highest BCUT2D eigenvalue weighted by atomic mass is 32.1. The Morgan fingerprint density at radius 1 is 1.31 bits per heavy atom. The van der Waals surface area contributed by atoms with Crippen molar-refractivity contribution in [2.24, 2.45) is 0 Å². The Balaban J connectivity index is 1.41. The predicted molar refractivity (Wildman–Crippen MR) is 123 cm³/mol. The van der Waals surface area contributed by atoms with Gasteiger partial charge in [-0.05, 0) is 24.5 Å². The van der Waals surface area contributed by atoms with Gasteiger partial charge in [0.25, 0.3) is 0 Å². The number of rotatable bonds is 9. The minimum atomic E-state index is -0.124. The van der Waals surface area contributed by atoms with Crippen molar-refractivity contribution in [1.82, 2.24) is 24.1 Å². The Hall–Kier alpha value is -2.36. The third-order valence-electron chi connectivity index (χ3n) is 6.23. The summed E-state index contributed by atoms with van der Waals surface area (Å²) in [7, 11) is 1.74. The molecule has 0 aromatic carbocycles. The molecule has 2 saturated heterocycles. The highest BCUT2D eigenvalue weighted by Gasteiger charge is 2.49. The number of nitriles is 1. The maximum atomic E-state index is 9.53. The normalized spacial score (nSPS) is 18.9. The molecular weight excluding hydrogens is 428 g/mol. The second-order valence-electron chi connectivity index (χ2n) is 8.40. The van der Waals surface area contributed by atoms with Crippen molar-refractivity contribution in [1.29, 1.82) is 5.26 Å². The summed E-state index contributed by atoms with van der Waals surface area (Å²) in [5, 5.41) is 22.7. The van der Waals surface area contributed by atoms with Crippen LogP contribution >= 0.6 is 11.5 Å². The molecule has 172 valence electrons. The van der Waals surface area contributed by atoms with Crippen molar-refractivity contribution in [3.05, 3.63) is 23.5 Å². The van der Waals surface area contributed by atoms with Crippen molar-refractivity contribution >= 4 is 28.3 Å². The van der Waals surface area contributed by atoms with Gasteiger partial charge in [0.15, 0.2) is 0 Å². The second-order valence-corrected chi connectivity index (χ2v) is 9.21. The van der Waals surface area contributed by atoms with Crippen LogP contribution in [0.2, 0.25) is 0 Å². The van der Waals surface area contributed by atoms with Gasteiger partial charge < -0.3 is 20.1 Å². The molecule has 0 radical (unpaired) electrons. The van der Waals surface area contributed by atoms with Crippen LogP contribution in [0.4, 0.5) is 16.8 Å². The molecule has 11 heteroatoms. The number of aryl methyl sites for hydroxylation is 1. The van der Waals surface area contributed by atoms with Crippen LogP contribution in [0.15, 0.2) is 12.3 Å². The van der Waals surface area contributed by atoms with Crippen molar-refractivity contribution in [2.45, 2.75) is 25.5 Å². The van der Waals surface area contributed by atoms with Crippen LogP contribution in [0, 0.1) is 18.3 Å². The number of aliphatic hydroxyl groups excluding tert-OH is 1. The monoisotopic (exact) mass is 458 g/mol. The number of anilines is 3. The Bertz CT molecular complexity index is 948. The summed E-state index contributed by atoms with van der Waals surface area (Å²) < 4.78 is 9.36. The van der Waals surface area contributed by atoms with E-state index in [1.165, 1.54) is 11.5 Å². The minimum Gasteiger partial charge on any atom is -0.390 e. The molecule has 2 aliphatic heterocycles. The van der Waals surface area contributed by atoms with Crippen LogP contribution in [0.25, 0.3) is 0 Å². The summed E-state index contributed by atoms with van der Waals surface area (Å²) in [6.07, 6.45) is 2.33. The number of aliphatic hydroxyl groups is 1. The maximum absolute atomic E-state index is 9.53. The van der Waals surface area contributed by atoms with Gasteiger partial charge in [0.1, 0.15) is 10.8 Å². The van der Waals surface area contributed by atoms with Gasteiger partial charge in [-0.1, -0.05) is 0 Å². The summed E-state index contributed by atoms with van der Waals surface area (Å²) in [6.45, 7) is 9.13. The number of aromatic nitrogens is 3. The number of ether oxygens (including phenoxy) is 1. The molecule has 4 rings (SSSR count). The Labute approximate surface area is 192 Å². The van der Waals surface area contributed by atoms with Gasteiger partial charge in [-0.15, -0.1) is 0 Å². The average molecular weight is 459 g/mol. The molecule has 0 unspecified atom stereocenters. The average Bonchev–Trinajstić information content (AvgIpc) is 3.24. The van der Waals surface area contributed by atoms with Crippen LogP contribution < -0.4 is 10.2 Å². The van der Waals surface area contributed by atoms with E-state index in [2.05, 4.69) is 35.4 Å². The van der Waals surface area contributed by atoms with Crippen LogP contribution in [0.1, 0.15) is 17.7 Å². The molecule has 10 nitrogen and oxygen atoms in total. The SMILES string of the molecule is COCCN1CCN(C2(CC#N)CN(c3nc(Nc4cc(CO)ns4)ncc3C)C2)CC1. The van der Waals surface area contributed by atoms with E-state index in [1.807, 2.05) is 13.1 Å². The molecule has 2 fully saturated rings. The Kier molecular flexibility index (Phi) is 7.17. The number of nitrogens with one attached hydrogen (secondary N) is 1. The summed E-state index contributed by atoms with van der Waals surface area (Å²) in [5.41, 5.74) is 1.50. The fourth-order valence-corrected chi connectivity index (χ4v) is 5.07. The lowest BCUT2D eigenvalue weighted by Gasteiger charge is -2.57. The summed E-state index contributed by atoms with van der Waals surface area (Å²) in [4.78, 5) is 16.3. The fraction of sp³-hybridized carbons (Fsp3) is 0.619. The van der Waals surface area contributed by atoms with Crippen LogP contribution in [0.5, 0.6) is 0 Å². The van der Waals surface area contributed by atoms with E-state index in [9.17, 15) is 10.4 Å². The first-order valence-electron chi connectivity index (χ1n) is 10.8. The minimum absolute atomic E-state index is 0.0897. The lowest BCUT2D eigenvalue weighted by atomic mass is 9.83. The van der Waals surface area contributed by atoms with Crippen molar-refractivity contribution < 1.29 is 9.84 Å². The van der Waals surface area contributed by atoms with Gasteiger partial charge in [0.2, 0.25) is 5.95 Å². The molecule has 0 spiro atoms. The summed E-state index contributed by atoms with van der Waals surface area (Å²) in [6, 6.07) is 4.21. The van der Waals surface area contributed by atoms with Gasteiger partial charge in [-0.25, -0.2) is 4.98 Å². The second kappa shape index (κ2) is 10.1. The lowest BCUT2D eigenvalue weighted by Crippen LogP contribution is -2.72. The molecule has 0 amide bonds. The predicted octanol–water partition coefficient (Wildman–Crippen LogP) is 1.21. The summed E-state index contributed by atoms with van der Waals surface area (Å²) >= 11 is 1.27. The largest absolute Gasteiger partial charge is 0.390 e. The zero-order valence-corrected chi connectivity index (χ0v) is 19.4. The van der Waals surface area contributed by atoms with E-state index in [4.69, 9.17) is 9.72 Å². The van der Waals surface area contributed by atoms with Gasteiger partial charge in [0, 0.05) is 64.7 Å². The van der Waals surface area contributed by atoms with E-state index >= 15 is 0 Å². The Morgan fingerprint density at radius 3 is 2.75 bits per heavy atom. The van der Waals surface area contributed by atoms with E-state index < -0.39 is 0 Å². The fourth-order valence-electron chi connectivity index (χ4n) is 4.42. The topological polar surface area (TPSA) is 114 Å². The van der Waals surface area contributed by atoms with Crippen LogP contribution in [-0.4, -0.2) is 94.3 Å². The van der Waals surface area contributed by atoms with Gasteiger partial charge in [0.05, 0.1) is 36.9 Å². The molecule has 4 heterocycles. The quantitative estimate of drug-likeness (QED) is 0.568. The van der Waals surface area contributed by atoms with Crippen molar-refractivity contribution in [2.75, 3.05) is 69.7 Å². The number of nitrogens with zero attached hydrogens (tertiary/aromatic N) is 7. The molecule has 32 heavy (non-hydrogen) atoms. The molecule has 0 bridgehead atoms. The maximum Gasteiger partial charge on any atom is 0.229 e. The first-order valence-corrected chi connectivity index (χ1v) is 11.6. The third kappa shape index (κ3) is 4.84. The third-order valence-corrected chi connectivity index (χ3v) is 6.98.